The highest BCUT2D eigenvalue weighted by Gasteiger charge is 2.28. The summed E-state index contributed by atoms with van der Waals surface area (Å²) < 4.78 is 23.9. The van der Waals surface area contributed by atoms with Gasteiger partial charge in [-0.05, 0) is 51.4 Å². The fourth-order valence-electron chi connectivity index (χ4n) is 11.9. The van der Waals surface area contributed by atoms with Gasteiger partial charge in [0.25, 0.3) is 0 Å². The van der Waals surface area contributed by atoms with Gasteiger partial charge in [0, 0.05) is 6.42 Å². The summed E-state index contributed by atoms with van der Waals surface area (Å²) >= 11 is 0. The zero-order valence-electron chi connectivity index (χ0n) is 59.0. The van der Waals surface area contributed by atoms with Gasteiger partial charge in [0.1, 0.15) is 13.2 Å². The molecule has 0 aliphatic carbocycles. The van der Waals surface area contributed by atoms with Crippen LogP contribution in [0.15, 0.2) is 48.6 Å². The summed E-state index contributed by atoms with van der Waals surface area (Å²) in [6, 6.07) is -0.760. The van der Waals surface area contributed by atoms with Crippen molar-refractivity contribution in [1.82, 2.24) is 5.32 Å². The number of unbranched alkanes of at least 4 members (excludes halogenated alkanes) is 51. The lowest BCUT2D eigenvalue weighted by Gasteiger charge is -2.26. The maximum Gasteiger partial charge on any atom is 0.472 e. The molecule has 0 fully saturated rings. The maximum atomic E-state index is 13.1. The van der Waals surface area contributed by atoms with Crippen LogP contribution in [0.3, 0.4) is 0 Å². The van der Waals surface area contributed by atoms with E-state index >= 15 is 0 Å². The summed E-state index contributed by atoms with van der Waals surface area (Å²) in [6.07, 6.45) is 93.9. The molecule has 0 heterocycles. The molecule has 1 amide bonds. The molecule has 0 rings (SSSR count). The van der Waals surface area contributed by atoms with Gasteiger partial charge in [-0.3, -0.25) is 13.8 Å². The lowest BCUT2D eigenvalue weighted by Crippen LogP contribution is -2.46. The first-order valence-corrected chi connectivity index (χ1v) is 40.0. The van der Waals surface area contributed by atoms with Crippen molar-refractivity contribution in [2.45, 2.75) is 405 Å². The van der Waals surface area contributed by atoms with Gasteiger partial charge >= 0.3 is 7.82 Å². The van der Waals surface area contributed by atoms with Gasteiger partial charge in [-0.1, -0.05) is 383 Å². The second kappa shape index (κ2) is 68.8. The molecule has 514 valence electrons. The third-order valence-electron chi connectivity index (χ3n) is 17.8. The van der Waals surface area contributed by atoms with Gasteiger partial charge in [0.2, 0.25) is 5.91 Å². The number of likely N-dealkylation sites (N-methyl/N-ethyl adjacent to an activating group) is 1. The van der Waals surface area contributed by atoms with Crippen LogP contribution in [0.25, 0.3) is 0 Å². The van der Waals surface area contributed by atoms with Gasteiger partial charge in [-0.2, -0.15) is 0 Å². The number of carbonyl (C=O) groups excluding carboxylic acids is 1. The number of allylic oxidation sites excluding steroid dienone is 8. The van der Waals surface area contributed by atoms with Crippen molar-refractivity contribution in [1.29, 1.82) is 0 Å². The summed E-state index contributed by atoms with van der Waals surface area (Å²) in [5, 5.41) is 14.2. The minimum absolute atomic E-state index is 0.0775. The highest BCUT2D eigenvalue weighted by atomic mass is 31.2. The molecule has 0 aromatic rings. The molecule has 0 saturated heterocycles. The monoisotopic (exact) mass is 1240 g/mol. The molecular formula is C78H152N2O6P+. The molecule has 9 heteroatoms. The van der Waals surface area contributed by atoms with Gasteiger partial charge in [0.15, 0.2) is 0 Å². The number of rotatable bonds is 72. The Labute approximate surface area is 543 Å². The summed E-state index contributed by atoms with van der Waals surface area (Å²) in [6.45, 7) is 4.84. The molecule has 0 aromatic carbocycles. The number of carbonyl (C=O) groups is 1. The van der Waals surface area contributed by atoms with Crippen molar-refractivity contribution >= 4 is 13.7 Å². The molecule has 0 aliphatic rings. The number of nitrogens with one attached hydrogen (secondary N) is 1. The third-order valence-corrected chi connectivity index (χ3v) is 18.8. The normalized spacial score (nSPS) is 13.8. The van der Waals surface area contributed by atoms with Gasteiger partial charge < -0.3 is 19.8 Å². The van der Waals surface area contributed by atoms with E-state index in [2.05, 4.69) is 67.8 Å². The number of aliphatic hydroxyl groups excluding tert-OH is 1. The Hall–Kier alpha value is -1.54. The Kier molecular flexibility index (Phi) is 67.6. The van der Waals surface area contributed by atoms with Crippen molar-refractivity contribution in [3.63, 3.8) is 0 Å². The molecule has 0 aliphatic heterocycles. The van der Waals surface area contributed by atoms with Gasteiger partial charge in [-0.15, -0.1) is 0 Å². The van der Waals surface area contributed by atoms with Crippen molar-refractivity contribution in [3.8, 4) is 0 Å². The van der Waals surface area contributed by atoms with E-state index in [1.165, 1.54) is 302 Å². The molecule has 3 atom stereocenters. The Balaban J connectivity index is 3.88. The van der Waals surface area contributed by atoms with E-state index in [0.717, 1.165) is 64.2 Å². The molecule has 0 bridgehead atoms. The third kappa shape index (κ3) is 71.8. The topological polar surface area (TPSA) is 105 Å². The Morgan fingerprint density at radius 2 is 0.690 bits per heavy atom. The lowest BCUT2D eigenvalue weighted by molar-refractivity contribution is -0.870. The quantitative estimate of drug-likeness (QED) is 0.0243. The SMILES string of the molecule is CC/C=C\C/C=C\C/C=C\C/C=C\CCCCCCCCCCCCCCCCCCCCCCCCCCCCCCC(=O)NC(COP(=O)(O)OCC[N+](C)(C)C)C(O)CCCCCCCCCCCCCCCCCCCCCCCCCC. The van der Waals surface area contributed by atoms with E-state index in [-0.39, 0.29) is 19.1 Å². The highest BCUT2D eigenvalue weighted by molar-refractivity contribution is 7.47. The van der Waals surface area contributed by atoms with Crippen LogP contribution in [-0.4, -0.2) is 73.4 Å². The van der Waals surface area contributed by atoms with Gasteiger partial charge in [0.05, 0.1) is 39.9 Å². The largest absolute Gasteiger partial charge is 0.472 e. The minimum Gasteiger partial charge on any atom is -0.391 e. The number of aliphatic hydroxyl groups is 1. The minimum atomic E-state index is -4.33. The summed E-state index contributed by atoms with van der Waals surface area (Å²) in [5.74, 6) is -0.135. The first-order valence-electron chi connectivity index (χ1n) is 38.5. The van der Waals surface area contributed by atoms with Crippen LogP contribution in [0.4, 0.5) is 0 Å². The van der Waals surface area contributed by atoms with E-state index in [9.17, 15) is 19.4 Å². The first kappa shape index (κ1) is 85.5. The second-order valence-electron chi connectivity index (χ2n) is 27.7. The summed E-state index contributed by atoms with van der Waals surface area (Å²) in [5.41, 5.74) is 0. The average Bonchev–Trinajstić information content (AvgIpc) is 3.71. The summed E-state index contributed by atoms with van der Waals surface area (Å²) in [4.78, 5) is 23.5. The number of quaternary nitrogens is 1. The van der Waals surface area contributed by atoms with Crippen molar-refractivity contribution in [3.05, 3.63) is 48.6 Å². The zero-order chi connectivity index (χ0) is 63.4. The number of phosphoric acid groups is 1. The van der Waals surface area contributed by atoms with E-state index in [1.807, 2.05) is 21.1 Å². The van der Waals surface area contributed by atoms with E-state index in [4.69, 9.17) is 9.05 Å². The highest BCUT2D eigenvalue weighted by Crippen LogP contribution is 2.43. The average molecular weight is 1250 g/mol. The molecule has 0 aromatic heterocycles. The van der Waals surface area contributed by atoms with Crippen LogP contribution >= 0.6 is 7.82 Å². The first-order chi connectivity index (χ1) is 42.5. The van der Waals surface area contributed by atoms with E-state index < -0.39 is 20.0 Å². The Morgan fingerprint density at radius 1 is 0.402 bits per heavy atom. The smallest absolute Gasteiger partial charge is 0.391 e. The van der Waals surface area contributed by atoms with E-state index in [1.54, 1.807) is 0 Å². The van der Waals surface area contributed by atoms with Crippen molar-refractivity contribution in [2.75, 3.05) is 40.9 Å². The number of phosphoric ester groups is 1. The molecule has 0 saturated carbocycles. The molecule has 87 heavy (non-hydrogen) atoms. The molecule has 3 N–H and O–H groups in total. The van der Waals surface area contributed by atoms with Crippen LogP contribution in [-0.2, 0) is 18.4 Å². The van der Waals surface area contributed by atoms with Crippen LogP contribution in [0, 0.1) is 0 Å². The fraction of sp³-hybridized carbons (Fsp3) is 0.885. The number of nitrogens with zero attached hydrogens (tertiary/aromatic N) is 1. The lowest BCUT2D eigenvalue weighted by atomic mass is 10.0. The summed E-state index contributed by atoms with van der Waals surface area (Å²) in [7, 11) is 1.64. The van der Waals surface area contributed by atoms with Crippen molar-refractivity contribution < 1.29 is 32.9 Å². The van der Waals surface area contributed by atoms with Crippen LogP contribution in [0.1, 0.15) is 393 Å². The van der Waals surface area contributed by atoms with Crippen LogP contribution in [0.5, 0.6) is 0 Å². The molecule has 0 radical (unpaired) electrons. The maximum absolute atomic E-state index is 13.1. The van der Waals surface area contributed by atoms with E-state index in [0.29, 0.717) is 23.9 Å². The van der Waals surface area contributed by atoms with Crippen molar-refractivity contribution in [2.24, 2.45) is 0 Å². The van der Waals surface area contributed by atoms with Crippen LogP contribution in [0.2, 0.25) is 0 Å². The molecular weight excluding hydrogens is 1090 g/mol. The Morgan fingerprint density at radius 3 is 1.01 bits per heavy atom. The number of amides is 1. The molecule has 3 unspecified atom stereocenters. The van der Waals surface area contributed by atoms with Crippen LogP contribution < -0.4 is 5.32 Å². The second-order valence-corrected chi connectivity index (χ2v) is 29.2. The molecule has 0 spiro atoms. The number of hydrogen-bond donors (Lipinski definition) is 3. The van der Waals surface area contributed by atoms with Gasteiger partial charge in [-0.25, -0.2) is 4.57 Å². The predicted molar refractivity (Wildman–Crippen MR) is 383 cm³/mol. The molecule has 8 nitrogen and oxygen atoms in total. The zero-order valence-corrected chi connectivity index (χ0v) is 59.9. The fourth-order valence-corrected chi connectivity index (χ4v) is 12.7. The number of hydrogen-bond acceptors (Lipinski definition) is 5. The predicted octanol–water partition coefficient (Wildman–Crippen LogP) is 25.0. The standard InChI is InChI=1S/C78H151N2O6P/c1-6-8-10-12-14-16-18-20-22-24-26-28-30-32-33-34-35-36-37-38-39-40-41-42-43-44-45-46-47-48-50-52-54-56-58-60-62-64-66-68-70-72-78(82)79-76(75-86-87(83,84)85-74-73-80(3,4)5)77(81)71-69-67-65-63-61-59-57-55-53-51-49-31-29-27-25-23-21-19-17-15-13-11-9-7-2/h8,10,14,16,20,22,26,28,76-77,81H,6-7,9,11-13,15,17-19,21,23-25,27,29-75H2,1-5H3,(H-,79,82,83,84)/p+1/b10-8-,16-14-,22-20-,28-26-. The Bertz CT molecular complexity index is 1560.